The van der Waals surface area contributed by atoms with E-state index >= 15 is 0 Å². The molecule has 0 amide bonds. The zero-order valence-corrected chi connectivity index (χ0v) is 14.6. The van der Waals surface area contributed by atoms with E-state index in [0.29, 0.717) is 12.8 Å². The summed E-state index contributed by atoms with van der Waals surface area (Å²) < 4.78 is 16.3. The molecule has 138 valence electrons. The van der Waals surface area contributed by atoms with E-state index in [1.807, 2.05) is 18.2 Å². The number of carbonyl (C=O) groups excluding carboxylic acids is 2. The molecule has 6 nitrogen and oxygen atoms in total. The van der Waals surface area contributed by atoms with Gasteiger partial charge >= 0.3 is 11.9 Å². The lowest BCUT2D eigenvalue weighted by atomic mass is 9.44. The Morgan fingerprint density at radius 2 is 2.12 bits per heavy atom. The molecule has 1 saturated carbocycles. The summed E-state index contributed by atoms with van der Waals surface area (Å²) in [5.41, 5.74) is -0.178. The SMILES string of the molecule is C[C@]12C[C@H](c3ccoc3)OC(=O)[C@@H]1C[C@@H](O)[C@@]13COC(=O)[C@@H]1C=CC[C@H]23. The Labute approximate surface area is 151 Å². The van der Waals surface area contributed by atoms with Gasteiger partial charge in [-0.15, -0.1) is 0 Å². The summed E-state index contributed by atoms with van der Waals surface area (Å²) >= 11 is 0. The van der Waals surface area contributed by atoms with E-state index in [2.05, 4.69) is 6.92 Å². The van der Waals surface area contributed by atoms with Gasteiger partial charge in [-0.2, -0.15) is 0 Å². The molecule has 1 N–H and O–H groups in total. The highest BCUT2D eigenvalue weighted by atomic mass is 16.6. The first-order valence-corrected chi connectivity index (χ1v) is 9.21. The molecule has 2 aliphatic heterocycles. The molecule has 0 radical (unpaired) electrons. The lowest BCUT2D eigenvalue weighted by Gasteiger charge is -2.60. The van der Waals surface area contributed by atoms with Gasteiger partial charge in [0.05, 0.1) is 35.9 Å². The van der Waals surface area contributed by atoms with Crippen molar-refractivity contribution in [3.63, 3.8) is 0 Å². The Morgan fingerprint density at radius 3 is 2.88 bits per heavy atom. The molecule has 0 bridgehead atoms. The third-order valence-corrected chi connectivity index (χ3v) is 7.40. The van der Waals surface area contributed by atoms with Crippen molar-refractivity contribution in [3.8, 4) is 0 Å². The van der Waals surface area contributed by atoms with Gasteiger partial charge in [0.25, 0.3) is 0 Å². The Hall–Kier alpha value is -2.08. The quantitative estimate of drug-likeness (QED) is 0.613. The van der Waals surface area contributed by atoms with Crippen LogP contribution in [0.2, 0.25) is 0 Å². The van der Waals surface area contributed by atoms with Crippen LogP contribution in [-0.4, -0.2) is 29.8 Å². The Kier molecular flexibility index (Phi) is 3.24. The normalized spacial score (nSPS) is 46.8. The van der Waals surface area contributed by atoms with Crippen LogP contribution in [0.25, 0.3) is 0 Å². The number of aliphatic hydroxyl groups excluding tert-OH is 1. The molecule has 1 aromatic heterocycles. The fourth-order valence-electron chi connectivity index (χ4n) is 6.07. The van der Waals surface area contributed by atoms with Gasteiger partial charge in [0.2, 0.25) is 0 Å². The van der Waals surface area contributed by atoms with E-state index in [1.165, 1.54) is 0 Å². The molecule has 7 atom stereocenters. The molecular weight excluding hydrogens is 336 g/mol. The minimum absolute atomic E-state index is 0.0209. The number of furan rings is 1. The van der Waals surface area contributed by atoms with Gasteiger partial charge in [0, 0.05) is 5.56 Å². The molecule has 1 spiro atoms. The van der Waals surface area contributed by atoms with E-state index < -0.39 is 17.4 Å². The molecule has 1 aromatic rings. The summed E-state index contributed by atoms with van der Waals surface area (Å²) in [4.78, 5) is 25.1. The van der Waals surface area contributed by atoms with Crippen molar-refractivity contribution in [2.24, 2.45) is 28.6 Å². The average Bonchev–Trinajstić information content (AvgIpc) is 3.26. The van der Waals surface area contributed by atoms with Gasteiger partial charge in [-0.25, -0.2) is 0 Å². The van der Waals surface area contributed by atoms with Gasteiger partial charge in [-0.1, -0.05) is 19.1 Å². The van der Waals surface area contributed by atoms with Crippen molar-refractivity contribution < 1.29 is 28.6 Å². The lowest BCUT2D eigenvalue weighted by molar-refractivity contribution is -0.215. The number of fused-ring (bicyclic) bond motifs is 2. The van der Waals surface area contributed by atoms with Crippen LogP contribution in [-0.2, 0) is 19.1 Å². The first-order valence-electron chi connectivity index (χ1n) is 9.21. The Bertz CT molecular complexity index is 782. The Morgan fingerprint density at radius 1 is 1.27 bits per heavy atom. The molecule has 3 heterocycles. The number of rotatable bonds is 1. The van der Waals surface area contributed by atoms with E-state index in [0.717, 1.165) is 12.0 Å². The predicted molar refractivity (Wildman–Crippen MR) is 88.5 cm³/mol. The fraction of sp³-hybridized carbons (Fsp3) is 0.600. The fourth-order valence-corrected chi connectivity index (χ4v) is 6.07. The Balaban J connectivity index is 1.60. The van der Waals surface area contributed by atoms with Gasteiger partial charge in [-0.05, 0) is 36.7 Å². The summed E-state index contributed by atoms with van der Waals surface area (Å²) in [5, 5.41) is 11.0. The molecular formula is C20H22O6. The molecule has 0 aromatic carbocycles. The standard InChI is InChI=1S/C20H22O6/c1-19-8-14(11-5-6-24-9-11)26-18(23)13(19)7-16(21)20-10-25-17(22)12(20)3-2-4-15(19)20/h2-3,5-6,9,12-16,21H,4,7-8,10H2,1H3/t12-,13-,14+,15+,16+,19-,20-/m0/s1. The highest BCUT2D eigenvalue weighted by molar-refractivity contribution is 5.79. The summed E-state index contributed by atoms with van der Waals surface area (Å²) in [5.74, 6) is -1.36. The summed E-state index contributed by atoms with van der Waals surface area (Å²) in [6.07, 6.45) is 7.64. The van der Waals surface area contributed by atoms with Crippen molar-refractivity contribution >= 4 is 11.9 Å². The van der Waals surface area contributed by atoms with E-state index in [9.17, 15) is 14.7 Å². The lowest BCUT2D eigenvalue weighted by Crippen LogP contribution is -2.63. The minimum Gasteiger partial charge on any atom is -0.472 e. The second-order valence-electron chi connectivity index (χ2n) is 8.41. The average molecular weight is 358 g/mol. The van der Waals surface area contributed by atoms with E-state index in [4.69, 9.17) is 13.9 Å². The number of hydrogen-bond acceptors (Lipinski definition) is 6. The number of cyclic esters (lactones) is 2. The highest BCUT2D eigenvalue weighted by Crippen LogP contribution is 2.66. The number of carbonyl (C=O) groups is 2. The van der Waals surface area contributed by atoms with E-state index in [-0.39, 0.29) is 41.9 Å². The predicted octanol–water partition coefficient (Wildman–Crippen LogP) is 2.39. The van der Waals surface area contributed by atoms with Crippen LogP contribution in [0, 0.1) is 28.6 Å². The number of allylic oxidation sites excluding steroid dienone is 1. The van der Waals surface area contributed by atoms with Crippen molar-refractivity contribution in [2.45, 2.75) is 38.4 Å². The molecule has 3 fully saturated rings. The van der Waals surface area contributed by atoms with Crippen LogP contribution in [0.3, 0.4) is 0 Å². The third kappa shape index (κ3) is 1.85. The molecule has 0 unspecified atom stereocenters. The monoisotopic (exact) mass is 358 g/mol. The number of hydrogen-bond donors (Lipinski definition) is 1. The largest absolute Gasteiger partial charge is 0.472 e. The summed E-state index contributed by atoms with van der Waals surface area (Å²) in [6.45, 7) is 2.34. The third-order valence-electron chi connectivity index (χ3n) is 7.40. The van der Waals surface area contributed by atoms with Crippen molar-refractivity contribution in [2.75, 3.05) is 6.61 Å². The van der Waals surface area contributed by atoms with Crippen LogP contribution < -0.4 is 0 Å². The molecule has 2 saturated heterocycles. The number of aliphatic hydroxyl groups is 1. The molecule has 5 rings (SSSR count). The molecule has 2 aliphatic carbocycles. The smallest absolute Gasteiger partial charge is 0.313 e. The zero-order valence-electron chi connectivity index (χ0n) is 14.6. The van der Waals surface area contributed by atoms with Crippen molar-refractivity contribution in [3.05, 3.63) is 36.3 Å². The van der Waals surface area contributed by atoms with Crippen LogP contribution in [0.1, 0.15) is 37.9 Å². The van der Waals surface area contributed by atoms with Gasteiger partial charge in [0.15, 0.2) is 0 Å². The van der Waals surface area contributed by atoms with Crippen LogP contribution >= 0.6 is 0 Å². The van der Waals surface area contributed by atoms with Gasteiger partial charge in [-0.3, -0.25) is 9.59 Å². The topological polar surface area (TPSA) is 86.0 Å². The van der Waals surface area contributed by atoms with Gasteiger partial charge in [0.1, 0.15) is 12.7 Å². The maximum Gasteiger partial charge on any atom is 0.313 e. The van der Waals surface area contributed by atoms with Crippen LogP contribution in [0.4, 0.5) is 0 Å². The molecule has 4 aliphatic rings. The summed E-state index contributed by atoms with van der Waals surface area (Å²) in [6, 6.07) is 1.82. The summed E-state index contributed by atoms with van der Waals surface area (Å²) in [7, 11) is 0. The van der Waals surface area contributed by atoms with Crippen LogP contribution in [0.15, 0.2) is 35.2 Å². The van der Waals surface area contributed by atoms with Crippen LogP contribution in [0.5, 0.6) is 0 Å². The molecule has 26 heavy (non-hydrogen) atoms. The molecule has 6 heteroatoms. The second kappa shape index (κ2) is 5.22. The maximum atomic E-state index is 12.8. The van der Waals surface area contributed by atoms with Crippen molar-refractivity contribution in [1.82, 2.24) is 0 Å². The van der Waals surface area contributed by atoms with E-state index in [1.54, 1.807) is 12.5 Å². The zero-order chi connectivity index (χ0) is 18.1. The first-order chi connectivity index (χ1) is 12.5. The first kappa shape index (κ1) is 16.1. The van der Waals surface area contributed by atoms with Gasteiger partial charge < -0.3 is 19.0 Å². The van der Waals surface area contributed by atoms with Crippen molar-refractivity contribution in [1.29, 1.82) is 0 Å². The highest BCUT2D eigenvalue weighted by Gasteiger charge is 2.69. The maximum absolute atomic E-state index is 12.8. The number of esters is 2. The minimum atomic E-state index is -0.759. The second-order valence-corrected chi connectivity index (χ2v) is 8.41. The number of ether oxygens (including phenoxy) is 2.